The van der Waals surface area contributed by atoms with Gasteiger partial charge in [-0.25, -0.2) is 0 Å². The zero-order chi connectivity index (χ0) is 11.8. The first-order valence-corrected chi connectivity index (χ1v) is 5.17. The van der Waals surface area contributed by atoms with Crippen molar-refractivity contribution in [3.63, 3.8) is 0 Å². The molecule has 0 aliphatic rings. The van der Waals surface area contributed by atoms with Gasteiger partial charge in [0.25, 0.3) is 0 Å². The molecule has 1 radical (unpaired) electrons. The minimum Gasteiger partial charge on any atom is -0.349 e. The van der Waals surface area contributed by atoms with E-state index in [4.69, 9.17) is 0 Å². The van der Waals surface area contributed by atoms with Crippen LogP contribution in [0.4, 0.5) is 0 Å². The summed E-state index contributed by atoms with van der Waals surface area (Å²) < 4.78 is 0. The molecule has 0 unspecified atom stereocenters. The lowest BCUT2D eigenvalue weighted by atomic mass is 10.1. The summed E-state index contributed by atoms with van der Waals surface area (Å²) >= 11 is 0. The van der Waals surface area contributed by atoms with Crippen molar-refractivity contribution in [1.29, 1.82) is 0 Å². The van der Waals surface area contributed by atoms with E-state index < -0.39 is 0 Å². The second-order valence-corrected chi connectivity index (χ2v) is 3.96. The van der Waals surface area contributed by atoms with Gasteiger partial charge in [0.15, 0.2) is 0 Å². The van der Waals surface area contributed by atoms with Crippen molar-refractivity contribution < 1.29 is 9.59 Å². The first-order chi connectivity index (χ1) is 6.95. The van der Waals surface area contributed by atoms with E-state index in [1.807, 2.05) is 6.42 Å². The van der Waals surface area contributed by atoms with Crippen LogP contribution in [0.3, 0.4) is 0 Å². The number of rotatable bonds is 6. The van der Waals surface area contributed by atoms with E-state index in [1.54, 1.807) is 38.0 Å². The number of carbonyl (C=O) groups is 2. The molecule has 0 atom stereocenters. The Bertz CT molecular complexity index is 191. The number of hydrogen-bond donors (Lipinski definition) is 0. The predicted molar refractivity (Wildman–Crippen MR) is 60.2 cm³/mol. The van der Waals surface area contributed by atoms with Crippen LogP contribution in [0.2, 0.25) is 0 Å². The van der Waals surface area contributed by atoms with Gasteiger partial charge in [0, 0.05) is 41.0 Å². The fourth-order valence-corrected chi connectivity index (χ4v) is 1.03. The molecule has 0 aromatic rings. The van der Waals surface area contributed by atoms with Crippen molar-refractivity contribution in [1.82, 2.24) is 9.80 Å². The van der Waals surface area contributed by atoms with Gasteiger partial charge in [-0.15, -0.1) is 0 Å². The SMILES string of the molecule is CN(C)C(=O)C[CH]CCCC(=O)N(C)C. The maximum absolute atomic E-state index is 11.2. The first kappa shape index (κ1) is 13.9. The third-order valence-corrected chi connectivity index (χ3v) is 2.12. The minimum absolute atomic E-state index is 0.105. The summed E-state index contributed by atoms with van der Waals surface area (Å²) in [5.41, 5.74) is 0. The molecule has 0 spiro atoms. The topological polar surface area (TPSA) is 40.6 Å². The summed E-state index contributed by atoms with van der Waals surface area (Å²) in [5, 5.41) is 0. The molecule has 0 saturated heterocycles. The van der Waals surface area contributed by atoms with Crippen molar-refractivity contribution in [2.24, 2.45) is 0 Å². The van der Waals surface area contributed by atoms with Crippen LogP contribution < -0.4 is 0 Å². The summed E-state index contributed by atoms with van der Waals surface area (Å²) in [6.07, 6.45) is 4.59. The predicted octanol–water partition coefficient (Wildman–Crippen LogP) is 0.927. The van der Waals surface area contributed by atoms with Crippen LogP contribution in [-0.4, -0.2) is 49.8 Å². The molecule has 2 amide bonds. The molecule has 4 nitrogen and oxygen atoms in total. The van der Waals surface area contributed by atoms with E-state index in [0.717, 1.165) is 12.8 Å². The summed E-state index contributed by atoms with van der Waals surface area (Å²) in [6.45, 7) is 0. The van der Waals surface area contributed by atoms with Crippen LogP contribution in [0.25, 0.3) is 0 Å². The largest absolute Gasteiger partial charge is 0.349 e. The van der Waals surface area contributed by atoms with Gasteiger partial charge in [-0.05, 0) is 19.3 Å². The minimum atomic E-state index is 0.105. The molecule has 0 aromatic carbocycles. The van der Waals surface area contributed by atoms with Crippen LogP contribution in [-0.2, 0) is 9.59 Å². The van der Waals surface area contributed by atoms with E-state index in [0.29, 0.717) is 12.8 Å². The molecule has 0 bridgehead atoms. The Balaban J connectivity index is 3.40. The number of unbranched alkanes of at least 4 members (excludes halogenated alkanes) is 2. The lowest BCUT2D eigenvalue weighted by molar-refractivity contribution is -0.128. The second-order valence-electron chi connectivity index (χ2n) is 3.96. The van der Waals surface area contributed by atoms with E-state index in [2.05, 4.69) is 0 Å². The van der Waals surface area contributed by atoms with E-state index in [-0.39, 0.29) is 11.8 Å². The molecular formula is C11H21N2O2. The quantitative estimate of drug-likeness (QED) is 0.616. The molecule has 0 aliphatic heterocycles. The normalized spacial score (nSPS) is 9.87. The fraction of sp³-hybridized carbons (Fsp3) is 0.727. The summed E-state index contributed by atoms with van der Waals surface area (Å²) in [5.74, 6) is 0.247. The number of nitrogens with zero attached hydrogens (tertiary/aromatic N) is 2. The summed E-state index contributed by atoms with van der Waals surface area (Å²) in [7, 11) is 6.99. The molecule has 87 valence electrons. The third kappa shape index (κ3) is 6.94. The van der Waals surface area contributed by atoms with E-state index in [9.17, 15) is 9.59 Å². The first-order valence-electron chi connectivity index (χ1n) is 5.17. The number of amides is 2. The Morgan fingerprint density at radius 3 is 2.00 bits per heavy atom. The second kappa shape index (κ2) is 7.26. The van der Waals surface area contributed by atoms with Gasteiger partial charge in [-0.2, -0.15) is 0 Å². The number of hydrogen-bond acceptors (Lipinski definition) is 2. The Hall–Kier alpha value is -1.06. The molecule has 0 aromatic heterocycles. The van der Waals surface area contributed by atoms with Crippen molar-refractivity contribution >= 4 is 11.8 Å². The lowest BCUT2D eigenvalue weighted by Gasteiger charge is -2.10. The highest BCUT2D eigenvalue weighted by Crippen LogP contribution is 2.04. The smallest absolute Gasteiger partial charge is 0.222 e. The van der Waals surface area contributed by atoms with Gasteiger partial charge in [0.2, 0.25) is 11.8 Å². The molecule has 0 fully saturated rings. The maximum atomic E-state index is 11.2. The van der Waals surface area contributed by atoms with Crippen LogP contribution in [0, 0.1) is 6.42 Å². The van der Waals surface area contributed by atoms with E-state index >= 15 is 0 Å². The molecule has 0 saturated carbocycles. The van der Waals surface area contributed by atoms with Crippen LogP contribution in [0.15, 0.2) is 0 Å². The van der Waals surface area contributed by atoms with Crippen LogP contribution in [0.5, 0.6) is 0 Å². The zero-order valence-corrected chi connectivity index (χ0v) is 10.1. The van der Waals surface area contributed by atoms with Gasteiger partial charge in [-0.3, -0.25) is 9.59 Å². The average Bonchev–Trinajstić information content (AvgIpc) is 2.16. The molecule has 0 rings (SSSR count). The Morgan fingerprint density at radius 1 is 1.00 bits per heavy atom. The maximum Gasteiger partial charge on any atom is 0.222 e. The average molecular weight is 213 g/mol. The Kier molecular flexibility index (Phi) is 6.75. The standard InChI is InChI=1S/C11H21N2O2/c1-12(2)10(14)8-6-5-7-9-11(15)13(3)4/h6H,5,7-9H2,1-4H3. The van der Waals surface area contributed by atoms with Gasteiger partial charge >= 0.3 is 0 Å². The molecule has 4 heteroatoms. The van der Waals surface area contributed by atoms with Crippen molar-refractivity contribution in [3.8, 4) is 0 Å². The molecule has 0 aliphatic carbocycles. The van der Waals surface area contributed by atoms with Crippen molar-refractivity contribution in [3.05, 3.63) is 6.42 Å². The Morgan fingerprint density at radius 2 is 1.53 bits per heavy atom. The monoisotopic (exact) mass is 213 g/mol. The van der Waals surface area contributed by atoms with Gasteiger partial charge < -0.3 is 9.80 Å². The summed E-state index contributed by atoms with van der Waals surface area (Å²) in [6, 6.07) is 0. The fourth-order valence-electron chi connectivity index (χ4n) is 1.03. The zero-order valence-electron chi connectivity index (χ0n) is 10.1. The van der Waals surface area contributed by atoms with Gasteiger partial charge in [0.05, 0.1) is 0 Å². The molecule has 0 heterocycles. The third-order valence-electron chi connectivity index (χ3n) is 2.12. The highest BCUT2D eigenvalue weighted by Gasteiger charge is 2.05. The van der Waals surface area contributed by atoms with Gasteiger partial charge in [0.1, 0.15) is 0 Å². The van der Waals surface area contributed by atoms with Gasteiger partial charge in [-0.1, -0.05) is 0 Å². The highest BCUT2D eigenvalue weighted by atomic mass is 16.2. The molecule has 15 heavy (non-hydrogen) atoms. The molecule has 0 N–H and O–H groups in total. The Labute approximate surface area is 92.2 Å². The lowest BCUT2D eigenvalue weighted by Crippen LogP contribution is -2.22. The summed E-state index contributed by atoms with van der Waals surface area (Å²) in [4.78, 5) is 25.5. The van der Waals surface area contributed by atoms with Crippen LogP contribution >= 0.6 is 0 Å². The van der Waals surface area contributed by atoms with Crippen LogP contribution in [0.1, 0.15) is 25.7 Å². The van der Waals surface area contributed by atoms with Crippen molar-refractivity contribution in [2.75, 3.05) is 28.2 Å². The molecular weight excluding hydrogens is 192 g/mol. The number of carbonyl (C=O) groups excluding carboxylic acids is 2. The highest BCUT2D eigenvalue weighted by molar-refractivity contribution is 5.76. The van der Waals surface area contributed by atoms with Crippen molar-refractivity contribution in [2.45, 2.75) is 25.7 Å². The van der Waals surface area contributed by atoms with E-state index in [1.165, 1.54) is 0 Å².